The van der Waals surface area contributed by atoms with E-state index in [1.807, 2.05) is 18.2 Å². The third kappa shape index (κ3) is 3.30. The zero-order chi connectivity index (χ0) is 29.0. The van der Waals surface area contributed by atoms with Gasteiger partial charge in [-0.1, -0.05) is 53.6 Å². The lowest BCUT2D eigenvalue weighted by molar-refractivity contribution is -0.173. The molecule has 2 heterocycles. The molecule has 3 aromatic rings. The van der Waals surface area contributed by atoms with Crippen molar-refractivity contribution in [3.05, 3.63) is 82.6 Å². The summed E-state index contributed by atoms with van der Waals surface area (Å²) < 4.78 is 14.0. The minimum absolute atomic E-state index is 0.0556. The monoisotopic (exact) mass is 574 g/mol. The number of rotatable bonds is 2. The Morgan fingerprint density at radius 3 is 2.41 bits per heavy atom. The van der Waals surface area contributed by atoms with E-state index < -0.39 is 64.5 Å². The van der Waals surface area contributed by atoms with Crippen LogP contribution in [0.5, 0.6) is 5.75 Å². The van der Waals surface area contributed by atoms with Crippen molar-refractivity contribution in [3.63, 3.8) is 0 Å². The first-order valence-corrected chi connectivity index (χ1v) is 13.7. The molecule has 2 aliphatic heterocycles. The number of allylic oxidation sites excluding steroid dienone is 2. The Morgan fingerprint density at radius 1 is 0.951 bits per heavy atom. The first-order chi connectivity index (χ1) is 19.6. The van der Waals surface area contributed by atoms with Gasteiger partial charge in [-0.15, -0.1) is 0 Å². The number of hydrogen-bond donors (Lipinski definition) is 2. The van der Waals surface area contributed by atoms with Crippen LogP contribution in [0.25, 0.3) is 10.8 Å². The van der Waals surface area contributed by atoms with E-state index in [2.05, 4.69) is 0 Å². The predicted molar refractivity (Wildman–Crippen MR) is 145 cm³/mol. The fourth-order valence-electron chi connectivity index (χ4n) is 7.77. The Hall–Kier alpha value is -4.08. The number of carbonyl (C=O) groups excluding carboxylic acids is 4. The van der Waals surface area contributed by atoms with Crippen LogP contribution < -0.4 is 4.90 Å². The minimum atomic E-state index is -1.32. The second-order valence-corrected chi connectivity index (χ2v) is 11.9. The standard InChI is InChI=1S/C31H24ClFN2O6/c1-31-21(28(38)34(30(31)40)14-6-10-23(33)22(32)12-14)13-20-18(7-8-19-25(20)29(39)35(41)27(19)37)26(31)17-9-11-24(36)16-5-3-2-4-15(16)17/h2-7,9-12,19-21,25-26,36,41H,8,13H2,1H3/t19-,20+,21-,25-,26-,31+/m0/s1. The summed E-state index contributed by atoms with van der Waals surface area (Å²) in [7, 11) is 0. The molecule has 8 nitrogen and oxygen atoms in total. The molecular weight excluding hydrogens is 551 g/mol. The fraction of sp³-hybridized carbons (Fsp3) is 0.290. The van der Waals surface area contributed by atoms with Gasteiger partial charge in [0.15, 0.2) is 0 Å². The summed E-state index contributed by atoms with van der Waals surface area (Å²) in [6, 6.07) is 14.1. The van der Waals surface area contributed by atoms with Gasteiger partial charge in [0.2, 0.25) is 11.8 Å². The topological polar surface area (TPSA) is 115 Å². The molecule has 0 aromatic heterocycles. The maximum atomic E-state index is 14.4. The number of phenols is 1. The molecular formula is C31H24ClFN2O6. The van der Waals surface area contributed by atoms with Gasteiger partial charge in [-0.3, -0.25) is 24.4 Å². The van der Waals surface area contributed by atoms with Crippen molar-refractivity contribution in [2.45, 2.75) is 25.7 Å². The molecule has 208 valence electrons. The summed E-state index contributed by atoms with van der Waals surface area (Å²) in [5.41, 5.74) is 0.257. The lowest BCUT2D eigenvalue weighted by Gasteiger charge is -2.49. The minimum Gasteiger partial charge on any atom is -0.507 e. The number of amides is 4. The maximum Gasteiger partial charge on any atom is 0.257 e. The van der Waals surface area contributed by atoms with Gasteiger partial charge in [0.25, 0.3) is 11.8 Å². The number of imide groups is 2. The molecule has 0 bridgehead atoms. The van der Waals surface area contributed by atoms with Crippen molar-refractivity contribution in [3.8, 4) is 5.75 Å². The summed E-state index contributed by atoms with van der Waals surface area (Å²) in [4.78, 5) is 55.5. The fourth-order valence-corrected chi connectivity index (χ4v) is 7.95. The largest absolute Gasteiger partial charge is 0.507 e. The van der Waals surface area contributed by atoms with Crippen LogP contribution in [-0.4, -0.2) is 39.0 Å². The van der Waals surface area contributed by atoms with Crippen LogP contribution in [0.2, 0.25) is 5.02 Å². The normalized spacial score (nSPS) is 30.9. The Balaban J connectivity index is 1.47. The molecule has 4 aliphatic rings. The molecule has 2 saturated heterocycles. The first kappa shape index (κ1) is 25.9. The van der Waals surface area contributed by atoms with Gasteiger partial charge in [0, 0.05) is 11.3 Å². The highest BCUT2D eigenvalue weighted by molar-refractivity contribution is 6.31. The van der Waals surface area contributed by atoms with Crippen LogP contribution in [0, 0.1) is 34.9 Å². The Morgan fingerprint density at radius 2 is 1.68 bits per heavy atom. The molecule has 3 aromatic carbocycles. The number of benzene rings is 3. The number of hydrogen-bond acceptors (Lipinski definition) is 6. The van der Waals surface area contributed by atoms with Crippen LogP contribution in [0.4, 0.5) is 10.1 Å². The highest BCUT2D eigenvalue weighted by atomic mass is 35.5. The van der Waals surface area contributed by atoms with E-state index in [9.17, 15) is 33.9 Å². The SMILES string of the molecule is C[C@@]12C(=O)N(c3ccc(F)c(Cl)c3)C(=O)[C@@H]1C[C@@H]1C(=CC[C@@H]3C(=O)N(O)C(=O)[C@@H]31)[C@@H]2c1ccc(O)c2ccccc12. The van der Waals surface area contributed by atoms with E-state index in [0.717, 1.165) is 16.5 Å². The summed E-state index contributed by atoms with van der Waals surface area (Å²) in [6.07, 6.45) is 2.18. The smallest absolute Gasteiger partial charge is 0.257 e. The molecule has 4 amide bonds. The molecule has 7 rings (SSSR count). The van der Waals surface area contributed by atoms with Gasteiger partial charge in [0.05, 0.1) is 33.9 Å². The Kier molecular flexibility index (Phi) is 5.49. The molecule has 1 saturated carbocycles. The van der Waals surface area contributed by atoms with Gasteiger partial charge < -0.3 is 5.11 Å². The van der Waals surface area contributed by atoms with Crippen molar-refractivity contribution in [2.75, 3.05) is 4.90 Å². The molecule has 6 atom stereocenters. The number of hydroxylamine groups is 2. The summed E-state index contributed by atoms with van der Waals surface area (Å²) in [6.45, 7) is 1.73. The van der Waals surface area contributed by atoms with Crippen molar-refractivity contribution in [1.82, 2.24) is 5.06 Å². The average Bonchev–Trinajstić information content (AvgIpc) is 3.30. The third-order valence-corrected chi connectivity index (χ3v) is 9.95. The maximum absolute atomic E-state index is 14.4. The summed E-state index contributed by atoms with van der Waals surface area (Å²) >= 11 is 6.03. The van der Waals surface area contributed by atoms with Crippen molar-refractivity contribution < 1.29 is 33.9 Å². The second-order valence-electron chi connectivity index (χ2n) is 11.5. The molecule has 3 fully saturated rings. The van der Waals surface area contributed by atoms with E-state index in [4.69, 9.17) is 11.6 Å². The number of aromatic hydroxyl groups is 1. The second kappa shape index (κ2) is 8.71. The number of phenolic OH excluding ortho intramolecular Hbond substituents is 1. The van der Waals surface area contributed by atoms with E-state index in [1.165, 1.54) is 12.1 Å². The zero-order valence-electron chi connectivity index (χ0n) is 21.8. The van der Waals surface area contributed by atoms with Gasteiger partial charge in [-0.2, -0.15) is 5.06 Å². The van der Waals surface area contributed by atoms with E-state index in [1.54, 1.807) is 31.2 Å². The van der Waals surface area contributed by atoms with Crippen LogP contribution in [0.3, 0.4) is 0 Å². The summed E-state index contributed by atoms with van der Waals surface area (Å²) in [5.74, 6) is -6.85. The van der Waals surface area contributed by atoms with Gasteiger partial charge >= 0.3 is 0 Å². The van der Waals surface area contributed by atoms with Gasteiger partial charge in [-0.25, -0.2) is 9.29 Å². The number of fused-ring (bicyclic) bond motifs is 5. The van der Waals surface area contributed by atoms with E-state index in [0.29, 0.717) is 16.3 Å². The van der Waals surface area contributed by atoms with Crippen molar-refractivity contribution in [1.29, 1.82) is 0 Å². The van der Waals surface area contributed by atoms with Gasteiger partial charge in [-0.05, 0) is 60.9 Å². The molecule has 2 aliphatic carbocycles. The first-order valence-electron chi connectivity index (χ1n) is 13.4. The predicted octanol–water partition coefficient (Wildman–Crippen LogP) is 4.96. The van der Waals surface area contributed by atoms with E-state index >= 15 is 0 Å². The zero-order valence-corrected chi connectivity index (χ0v) is 22.5. The molecule has 2 N–H and O–H groups in total. The molecule has 0 spiro atoms. The quantitative estimate of drug-likeness (QED) is 0.254. The Labute approximate surface area is 238 Å². The third-order valence-electron chi connectivity index (χ3n) is 9.66. The van der Waals surface area contributed by atoms with Gasteiger partial charge in [0.1, 0.15) is 11.6 Å². The summed E-state index contributed by atoms with van der Waals surface area (Å²) in [5, 5.41) is 22.0. The molecule has 41 heavy (non-hydrogen) atoms. The lowest BCUT2D eigenvalue weighted by Crippen LogP contribution is -2.48. The van der Waals surface area contributed by atoms with Crippen LogP contribution in [-0.2, 0) is 19.2 Å². The van der Waals surface area contributed by atoms with Crippen molar-refractivity contribution >= 4 is 51.7 Å². The highest BCUT2D eigenvalue weighted by Gasteiger charge is 2.67. The molecule has 0 radical (unpaired) electrons. The number of nitrogens with zero attached hydrogens (tertiary/aromatic N) is 2. The van der Waals surface area contributed by atoms with E-state index in [-0.39, 0.29) is 34.4 Å². The average molecular weight is 575 g/mol. The van der Waals surface area contributed by atoms with Crippen molar-refractivity contribution in [2.24, 2.45) is 29.1 Å². The Bertz CT molecular complexity index is 1760. The molecule has 10 heteroatoms. The lowest BCUT2D eigenvalue weighted by atomic mass is 9.51. The highest BCUT2D eigenvalue weighted by Crippen LogP contribution is 2.64. The number of halogens is 2. The number of anilines is 1. The number of carbonyl (C=O) groups is 4. The van der Waals surface area contributed by atoms with Crippen LogP contribution in [0.15, 0.2) is 66.2 Å². The van der Waals surface area contributed by atoms with Crippen LogP contribution in [0.1, 0.15) is 31.2 Å². The van der Waals surface area contributed by atoms with Crippen LogP contribution >= 0.6 is 11.6 Å². The molecule has 0 unspecified atom stereocenters.